The highest BCUT2D eigenvalue weighted by Crippen LogP contribution is 2.23. The zero-order valence-corrected chi connectivity index (χ0v) is 11.8. The Hall–Kier alpha value is -1.03. The van der Waals surface area contributed by atoms with Crippen molar-refractivity contribution in [2.24, 2.45) is 0 Å². The van der Waals surface area contributed by atoms with E-state index in [1.165, 1.54) is 6.33 Å². The second kappa shape index (κ2) is 5.54. The molecule has 0 unspecified atom stereocenters. The van der Waals surface area contributed by atoms with E-state index >= 15 is 0 Å². The highest BCUT2D eigenvalue weighted by Gasteiger charge is 2.24. The van der Waals surface area contributed by atoms with Gasteiger partial charge >= 0.3 is 0 Å². The molecule has 0 N–H and O–H groups in total. The number of hydrogen-bond acceptors (Lipinski definition) is 4. The van der Waals surface area contributed by atoms with Crippen LogP contribution in [0.25, 0.3) is 0 Å². The molecule has 0 saturated heterocycles. The van der Waals surface area contributed by atoms with Crippen LogP contribution in [-0.4, -0.2) is 34.5 Å². The minimum Gasteiger partial charge on any atom is -0.475 e. The standard InChI is InChI=1S/C12H20ClN3O/c1-9(2)17-11-6-10(14-8-15-11)16(5)12(3,4)7-13/h6,8-9H,7H2,1-5H3. The van der Waals surface area contributed by atoms with Crippen molar-refractivity contribution < 1.29 is 4.74 Å². The molecule has 0 aliphatic carbocycles. The quantitative estimate of drug-likeness (QED) is 0.761. The molecule has 1 aromatic heterocycles. The van der Waals surface area contributed by atoms with E-state index in [0.717, 1.165) is 5.82 Å². The van der Waals surface area contributed by atoms with Crippen LogP contribution in [-0.2, 0) is 0 Å². The largest absolute Gasteiger partial charge is 0.475 e. The molecule has 0 atom stereocenters. The van der Waals surface area contributed by atoms with Crippen LogP contribution in [0.2, 0.25) is 0 Å². The molecule has 0 spiro atoms. The number of nitrogens with zero attached hydrogens (tertiary/aromatic N) is 3. The van der Waals surface area contributed by atoms with Crippen molar-refractivity contribution in [1.82, 2.24) is 9.97 Å². The van der Waals surface area contributed by atoms with Crippen LogP contribution in [0.15, 0.2) is 12.4 Å². The normalized spacial score (nSPS) is 11.7. The second-order valence-electron chi connectivity index (χ2n) is 4.89. The smallest absolute Gasteiger partial charge is 0.218 e. The lowest BCUT2D eigenvalue weighted by atomic mass is 10.1. The van der Waals surface area contributed by atoms with Gasteiger partial charge in [-0.05, 0) is 27.7 Å². The summed E-state index contributed by atoms with van der Waals surface area (Å²) in [5.41, 5.74) is -0.162. The molecule has 0 amide bonds. The lowest BCUT2D eigenvalue weighted by molar-refractivity contribution is 0.232. The molecule has 1 rings (SSSR count). The third kappa shape index (κ3) is 3.73. The van der Waals surface area contributed by atoms with Crippen LogP contribution in [0.5, 0.6) is 5.88 Å². The molecule has 0 saturated carbocycles. The van der Waals surface area contributed by atoms with Crippen molar-refractivity contribution in [2.75, 3.05) is 17.8 Å². The summed E-state index contributed by atoms with van der Waals surface area (Å²) in [5.74, 6) is 1.91. The summed E-state index contributed by atoms with van der Waals surface area (Å²) < 4.78 is 5.54. The van der Waals surface area contributed by atoms with Crippen LogP contribution >= 0.6 is 11.6 Å². The topological polar surface area (TPSA) is 38.2 Å². The van der Waals surface area contributed by atoms with Gasteiger partial charge in [-0.15, -0.1) is 11.6 Å². The zero-order valence-electron chi connectivity index (χ0n) is 11.1. The SMILES string of the molecule is CC(C)Oc1cc(N(C)C(C)(C)CCl)ncn1. The number of hydrogen-bond donors (Lipinski definition) is 0. The summed E-state index contributed by atoms with van der Waals surface area (Å²) in [6.07, 6.45) is 1.61. The first kappa shape index (κ1) is 14.0. The van der Waals surface area contributed by atoms with Gasteiger partial charge in [-0.1, -0.05) is 0 Å². The van der Waals surface area contributed by atoms with Gasteiger partial charge in [-0.3, -0.25) is 0 Å². The van der Waals surface area contributed by atoms with E-state index in [9.17, 15) is 0 Å². The van der Waals surface area contributed by atoms with Crippen molar-refractivity contribution in [1.29, 1.82) is 0 Å². The van der Waals surface area contributed by atoms with Crippen molar-refractivity contribution in [3.8, 4) is 5.88 Å². The number of halogens is 1. The number of aromatic nitrogens is 2. The number of alkyl halides is 1. The molecule has 0 bridgehead atoms. The molecule has 0 radical (unpaired) electrons. The van der Waals surface area contributed by atoms with Crippen LogP contribution in [0.4, 0.5) is 5.82 Å². The van der Waals surface area contributed by atoms with Crippen molar-refractivity contribution in [2.45, 2.75) is 39.3 Å². The number of ether oxygens (including phenoxy) is 1. The maximum atomic E-state index is 5.95. The summed E-state index contributed by atoms with van der Waals surface area (Å²) in [6.45, 7) is 8.05. The summed E-state index contributed by atoms with van der Waals surface area (Å²) in [7, 11) is 1.96. The van der Waals surface area contributed by atoms with E-state index in [0.29, 0.717) is 11.8 Å². The fourth-order valence-electron chi connectivity index (χ4n) is 1.22. The Balaban J connectivity index is 2.91. The van der Waals surface area contributed by atoms with E-state index in [4.69, 9.17) is 16.3 Å². The summed E-state index contributed by atoms with van der Waals surface area (Å²) in [6, 6.07) is 1.83. The molecule has 17 heavy (non-hydrogen) atoms. The van der Waals surface area contributed by atoms with Gasteiger partial charge in [0.05, 0.1) is 6.10 Å². The van der Waals surface area contributed by atoms with Gasteiger partial charge in [0, 0.05) is 24.5 Å². The maximum Gasteiger partial charge on any atom is 0.218 e. The first-order chi connectivity index (χ1) is 7.86. The zero-order chi connectivity index (χ0) is 13.1. The van der Waals surface area contributed by atoms with Gasteiger partial charge in [0.1, 0.15) is 12.1 Å². The molecule has 1 aromatic rings. The van der Waals surface area contributed by atoms with Crippen LogP contribution in [0.1, 0.15) is 27.7 Å². The summed E-state index contributed by atoms with van der Waals surface area (Å²) in [4.78, 5) is 10.3. The van der Waals surface area contributed by atoms with Crippen molar-refractivity contribution >= 4 is 17.4 Å². The first-order valence-corrected chi connectivity index (χ1v) is 6.19. The minimum atomic E-state index is -0.162. The molecule has 5 heteroatoms. The van der Waals surface area contributed by atoms with Gasteiger partial charge in [0.2, 0.25) is 5.88 Å². The van der Waals surface area contributed by atoms with Crippen LogP contribution in [0.3, 0.4) is 0 Å². The lowest BCUT2D eigenvalue weighted by Gasteiger charge is -2.34. The molecule has 96 valence electrons. The van der Waals surface area contributed by atoms with E-state index in [1.807, 2.05) is 31.9 Å². The number of anilines is 1. The molecular weight excluding hydrogens is 238 g/mol. The van der Waals surface area contributed by atoms with E-state index in [1.54, 1.807) is 0 Å². The monoisotopic (exact) mass is 257 g/mol. The average molecular weight is 258 g/mol. The molecule has 4 nitrogen and oxygen atoms in total. The molecule has 0 aliphatic heterocycles. The van der Waals surface area contributed by atoms with Crippen LogP contribution < -0.4 is 9.64 Å². The molecule has 0 fully saturated rings. The summed E-state index contributed by atoms with van der Waals surface area (Å²) >= 11 is 5.95. The highest BCUT2D eigenvalue weighted by atomic mass is 35.5. The molecular formula is C12H20ClN3O. The Kier molecular flexibility index (Phi) is 4.57. The van der Waals surface area contributed by atoms with Gasteiger partial charge < -0.3 is 9.64 Å². The Bertz CT molecular complexity index is 369. The number of rotatable bonds is 5. The predicted octanol–water partition coefficient (Wildman–Crippen LogP) is 2.72. The third-order valence-corrected chi connectivity index (χ3v) is 3.22. The van der Waals surface area contributed by atoms with E-state index in [-0.39, 0.29) is 11.6 Å². The molecule has 0 aliphatic rings. The lowest BCUT2D eigenvalue weighted by Crippen LogP contribution is -2.43. The Morgan fingerprint density at radius 3 is 2.59 bits per heavy atom. The van der Waals surface area contributed by atoms with Crippen LogP contribution in [0, 0.1) is 0 Å². The summed E-state index contributed by atoms with van der Waals surface area (Å²) in [5, 5.41) is 0. The fraction of sp³-hybridized carbons (Fsp3) is 0.667. The fourth-order valence-corrected chi connectivity index (χ4v) is 1.40. The highest BCUT2D eigenvalue weighted by molar-refractivity contribution is 6.18. The third-order valence-electron chi connectivity index (χ3n) is 2.56. The Labute approximate surface area is 108 Å². The van der Waals surface area contributed by atoms with Gasteiger partial charge in [0.25, 0.3) is 0 Å². The Morgan fingerprint density at radius 2 is 2.06 bits per heavy atom. The van der Waals surface area contributed by atoms with Crippen molar-refractivity contribution in [3.05, 3.63) is 12.4 Å². The van der Waals surface area contributed by atoms with Gasteiger partial charge in [0.15, 0.2) is 0 Å². The molecule has 1 heterocycles. The molecule has 0 aromatic carbocycles. The maximum absolute atomic E-state index is 5.95. The predicted molar refractivity (Wildman–Crippen MR) is 71.0 cm³/mol. The second-order valence-corrected chi connectivity index (χ2v) is 5.15. The first-order valence-electron chi connectivity index (χ1n) is 5.65. The van der Waals surface area contributed by atoms with E-state index in [2.05, 4.69) is 23.8 Å². The average Bonchev–Trinajstić information content (AvgIpc) is 2.27. The minimum absolute atomic E-state index is 0.101. The van der Waals surface area contributed by atoms with E-state index < -0.39 is 0 Å². The van der Waals surface area contributed by atoms with Crippen molar-refractivity contribution in [3.63, 3.8) is 0 Å². The Morgan fingerprint density at radius 1 is 1.41 bits per heavy atom. The van der Waals surface area contributed by atoms with Gasteiger partial charge in [-0.25, -0.2) is 9.97 Å². The van der Waals surface area contributed by atoms with Gasteiger partial charge in [-0.2, -0.15) is 0 Å².